The Balaban J connectivity index is 1.69. The number of carbonyl (C=O) groups excluding carboxylic acids is 1. The Hall–Kier alpha value is -0.610. The fourth-order valence-electron chi connectivity index (χ4n) is 2.77. The van der Waals surface area contributed by atoms with Gasteiger partial charge in [0.25, 0.3) is 0 Å². The second-order valence-electron chi connectivity index (χ2n) is 6.07. The lowest BCUT2D eigenvalue weighted by Crippen LogP contribution is -2.49. The van der Waals surface area contributed by atoms with Gasteiger partial charge in [-0.25, -0.2) is 0 Å². The summed E-state index contributed by atoms with van der Waals surface area (Å²) >= 11 is 0. The van der Waals surface area contributed by atoms with Gasteiger partial charge in [-0.15, -0.1) is 0 Å². The van der Waals surface area contributed by atoms with E-state index in [0.717, 1.165) is 32.1 Å². The first-order valence-corrected chi connectivity index (χ1v) is 8.01. The van der Waals surface area contributed by atoms with Crippen molar-refractivity contribution in [1.29, 1.82) is 0 Å². The molecule has 0 aromatic rings. The molecule has 1 heterocycles. The predicted octanol–water partition coefficient (Wildman–Crippen LogP) is 1.37. The number of hydrogen-bond acceptors (Lipinski definition) is 3. The molecule has 110 valence electrons. The fourth-order valence-corrected chi connectivity index (χ4v) is 2.77. The molecule has 2 N–H and O–H groups in total. The quantitative estimate of drug-likeness (QED) is 0.653. The third-order valence-electron chi connectivity index (χ3n) is 4.19. The highest BCUT2D eigenvalue weighted by Gasteiger charge is 2.25. The lowest BCUT2D eigenvalue weighted by molar-refractivity contribution is -0.123. The highest BCUT2D eigenvalue weighted by molar-refractivity contribution is 5.78. The van der Waals surface area contributed by atoms with E-state index in [-0.39, 0.29) is 5.91 Å². The lowest BCUT2D eigenvalue weighted by atomic mass is 10.0. The maximum atomic E-state index is 11.9. The zero-order valence-corrected chi connectivity index (χ0v) is 12.3. The van der Waals surface area contributed by atoms with Crippen molar-refractivity contribution in [2.75, 3.05) is 32.7 Å². The minimum atomic E-state index is 0.217. The van der Waals surface area contributed by atoms with Gasteiger partial charge in [0.05, 0.1) is 6.54 Å². The zero-order chi connectivity index (χ0) is 13.5. The monoisotopic (exact) mass is 267 g/mol. The molecule has 1 aliphatic carbocycles. The third kappa shape index (κ3) is 5.49. The standard InChI is InChI=1S/C15H29N3O/c1-2-8-16-11-14-5-3-4-9-18(14)12-15(19)17-10-13-6-7-13/h13-14,16H,2-12H2,1H3,(H,17,19). The van der Waals surface area contributed by atoms with E-state index in [2.05, 4.69) is 22.5 Å². The van der Waals surface area contributed by atoms with Crippen molar-refractivity contribution in [3.63, 3.8) is 0 Å². The number of piperidine rings is 1. The van der Waals surface area contributed by atoms with Crippen LogP contribution in [0.15, 0.2) is 0 Å². The molecule has 1 amide bonds. The molecular formula is C15H29N3O. The molecule has 0 spiro atoms. The molecule has 0 bridgehead atoms. The molecule has 4 nitrogen and oxygen atoms in total. The minimum Gasteiger partial charge on any atom is -0.355 e. The smallest absolute Gasteiger partial charge is 0.234 e. The van der Waals surface area contributed by atoms with Crippen molar-refractivity contribution in [2.45, 2.75) is 51.5 Å². The molecule has 1 aliphatic heterocycles. The summed E-state index contributed by atoms with van der Waals surface area (Å²) < 4.78 is 0. The van der Waals surface area contributed by atoms with Crippen LogP contribution in [0, 0.1) is 5.92 Å². The number of rotatable bonds is 8. The molecular weight excluding hydrogens is 238 g/mol. The molecule has 1 saturated heterocycles. The predicted molar refractivity (Wildman–Crippen MR) is 78.1 cm³/mol. The highest BCUT2D eigenvalue weighted by atomic mass is 16.2. The van der Waals surface area contributed by atoms with Crippen LogP contribution < -0.4 is 10.6 Å². The summed E-state index contributed by atoms with van der Waals surface area (Å²) in [5, 5.41) is 6.57. The summed E-state index contributed by atoms with van der Waals surface area (Å²) in [7, 11) is 0. The van der Waals surface area contributed by atoms with Gasteiger partial charge in [-0.05, 0) is 51.1 Å². The van der Waals surface area contributed by atoms with Crippen LogP contribution >= 0.6 is 0 Å². The molecule has 1 atom stereocenters. The van der Waals surface area contributed by atoms with Crippen LogP contribution in [0.2, 0.25) is 0 Å². The molecule has 4 heteroatoms. The van der Waals surface area contributed by atoms with Gasteiger partial charge in [-0.2, -0.15) is 0 Å². The average Bonchev–Trinajstić information content (AvgIpc) is 3.23. The van der Waals surface area contributed by atoms with Gasteiger partial charge in [-0.1, -0.05) is 13.3 Å². The van der Waals surface area contributed by atoms with Crippen LogP contribution in [0.4, 0.5) is 0 Å². The molecule has 2 aliphatic rings. The first-order valence-electron chi connectivity index (χ1n) is 8.01. The molecule has 1 unspecified atom stereocenters. The van der Waals surface area contributed by atoms with Gasteiger partial charge in [0.1, 0.15) is 0 Å². The van der Waals surface area contributed by atoms with Crippen LogP contribution in [0.3, 0.4) is 0 Å². The number of hydrogen-bond donors (Lipinski definition) is 2. The van der Waals surface area contributed by atoms with Crippen LogP contribution in [0.1, 0.15) is 45.4 Å². The Morgan fingerprint density at radius 3 is 2.79 bits per heavy atom. The van der Waals surface area contributed by atoms with Gasteiger partial charge in [0, 0.05) is 19.1 Å². The first-order chi connectivity index (χ1) is 9.29. The SMILES string of the molecule is CCCNCC1CCCCN1CC(=O)NCC1CC1. The first kappa shape index (κ1) is 14.8. The van der Waals surface area contributed by atoms with E-state index in [9.17, 15) is 4.79 Å². The summed E-state index contributed by atoms with van der Waals surface area (Å²) in [5.74, 6) is 0.988. The topological polar surface area (TPSA) is 44.4 Å². The Morgan fingerprint density at radius 2 is 2.05 bits per heavy atom. The van der Waals surface area contributed by atoms with E-state index in [4.69, 9.17) is 0 Å². The summed E-state index contributed by atoms with van der Waals surface area (Å²) in [4.78, 5) is 14.3. The normalized spacial score (nSPS) is 24.4. The van der Waals surface area contributed by atoms with Crippen molar-refractivity contribution in [1.82, 2.24) is 15.5 Å². The van der Waals surface area contributed by atoms with E-state index in [1.54, 1.807) is 0 Å². The van der Waals surface area contributed by atoms with Crippen LogP contribution in [-0.4, -0.2) is 49.6 Å². The number of amides is 1. The van der Waals surface area contributed by atoms with Crippen molar-refractivity contribution in [3.8, 4) is 0 Å². The van der Waals surface area contributed by atoms with E-state index >= 15 is 0 Å². The Kier molecular flexibility index (Phi) is 6.11. The van der Waals surface area contributed by atoms with Gasteiger partial charge >= 0.3 is 0 Å². The van der Waals surface area contributed by atoms with Gasteiger partial charge in [-0.3, -0.25) is 9.69 Å². The second-order valence-corrected chi connectivity index (χ2v) is 6.07. The van der Waals surface area contributed by atoms with Crippen LogP contribution in [-0.2, 0) is 4.79 Å². The number of nitrogens with one attached hydrogen (secondary N) is 2. The van der Waals surface area contributed by atoms with Gasteiger partial charge < -0.3 is 10.6 Å². The second kappa shape index (κ2) is 7.85. The zero-order valence-electron chi connectivity index (χ0n) is 12.3. The van der Waals surface area contributed by atoms with E-state index in [1.165, 1.54) is 38.5 Å². The fraction of sp³-hybridized carbons (Fsp3) is 0.933. The lowest BCUT2D eigenvalue weighted by Gasteiger charge is -2.35. The molecule has 0 radical (unpaired) electrons. The maximum absolute atomic E-state index is 11.9. The minimum absolute atomic E-state index is 0.217. The molecule has 2 fully saturated rings. The van der Waals surface area contributed by atoms with Gasteiger partial charge in [0.15, 0.2) is 0 Å². The number of likely N-dealkylation sites (tertiary alicyclic amines) is 1. The van der Waals surface area contributed by atoms with Gasteiger partial charge in [0.2, 0.25) is 5.91 Å². The largest absolute Gasteiger partial charge is 0.355 e. The highest BCUT2D eigenvalue weighted by Crippen LogP contribution is 2.27. The third-order valence-corrected chi connectivity index (χ3v) is 4.19. The Bertz CT molecular complexity index is 279. The molecule has 0 aromatic carbocycles. The van der Waals surface area contributed by atoms with E-state index in [1.807, 2.05) is 0 Å². The Morgan fingerprint density at radius 1 is 1.21 bits per heavy atom. The maximum Gasteiger partial charge on any atom is 0.234 e. The van der Waals surface area contributed by atoms with Crippen molar-refractivity contribution in [2.24, 2.45) is 5.92 Å². The molecule has 1 saturated carbocycles. The van der Waals surface area contributed by atoms with E-state index in [0.29, 0.717) is 12.6 Å². The Labute approximate surface area is 117 Å². The number of carbonyl (C=O) groups is 1. The van der Waals surface area contributed by atoms with E-state index < -0.39 is 0 Å². The van der Waals surface area contributed by atoms with Crippen LogP contribution in [0.25, 0.3) is 0 Å². The summed E-state index contributed by atoms with van der Waals surface area (Å²) in [5.41, 5.74) is 0. The summed E-state index contributed by atoms with van der Waals surface area (Å²) in [6.07, 6.45) is 7.54. The summed E-state index contributed by atoms with van der Waals surface area (Å²) in [6.45, 7) is 6.87. The average molecular weight is 267 g/mol. The number of nitrogens with zero attached hydrogens (tertiary/aromatic N) is 1. The van der Waals surface area contributed by atoms with Crippen molar-refractivity contribution in [3.05, 3.63) is 0 Å². The molecule has 19 heavy (non-hydrogen) atoms. The van der Waals surface area contributed by atoms with Crippen molar-refractivity contribution >= 4 is 5.91 Å². The molecule has 2 rings (SSSR count). The molecule has 0 aromatic heterocycles. The van der Waals surface area contributed by atoms with Crippen LogP contribution in [0.5, 0.6) is 0 Å². The van der Waals surface area contributed by atoms with Crippen molar-refractivity contribution < 1.29 is 4.79 Å². The summed E-state index contributed by atoms with van der Waals surface area (Å²) in [6, 6.07) is 0.548.